The molecule has 0 saturated carbocycles. The minimum Gasteiger partial charge on any atom is -0.456 e. The molecule has 0 atom stereocenters. The highest BCUT2D eigenvalue weighted by Gasteiger charge is 2.21. The van der Waals surface area contributed by atoms with Gasteiger partial charge in [-0.25, -0.2) is 4.98 Å². The Morgan fingerprint density at radius 3 is 1.88 bits per heavy atom. The van der Waals surface area contributed by atoms with Crippen LogP contribution in [0.3, 0.4) is 0 Å². The maximum absolute atomic E-state index is 6.60. The topological polar surface area (TPSA) is 49.0 Å². The second-order valence-corrected chi connectivity index (χ2v) is 15.5. The monoisotopic (exact) mass is 767 g/mol. The highest BCUT2D eigenvalue weighted by Crippen LogP contribution is 2.42. The number of nitrogens with zero attached hydrogens (tertiary/aromatic N) is 3. The van der Waals surface area contributed by atoms with E-state index in [1.165, 1.54) is 21.8 Å². The third kappa shape index (κ3) is 4.84. The summed E-state index contributed by atoms with van der Waals surface area (Å²) >= 11 is 0. The summed E-state index contributed by atoms with van der Waals surface area (Å²) in [5, 5.41) is 6.81. The van der Waals surface area contributed by atoms with E-state index < -0.39 is 0 Å². The van der Waals surface area contributed by atoms with E-state index in [1.54, 1.807) is 0 Å². The lowest BCUT2D eigenvalue weighted by atomic mass is 10.00. The highest BCUT2D eigenvalue weighted by molar-refractivity contribution is 6.13. The average molecular weight is 768 g/mol. The Morgan fingerprint density at radius 1 is 0.367 bits per heavy atom. The fraction of sp³-hybridized carbons (Fsp3) is 0. The van der Waals surface area contributed by atoms with Gasteiger partial charge >= 0.3 is 0 Å². The summed E-state index contributed by atoms with van der Waals surface area (Å²) in [4.78, 5) is 5.27. The zero-order valence-corrected chi connectivity index (χ0v) is 32.2. The summed E-state index contributed by atoms with van der Waals surface area (Å²) in [6.45, 7) is 0. The number of rotatable bonds is 5. The quantitative estimate of drug-likeness (QED) is 0.175. The standard InChI is InChI=1S/C55H33N3O2/c1-2-12-38(13-3-1)57-46-19-7-4-14-40(46)43-32-36(28-30-47(43)57)37-29-31-51-44(33-37)53-49(21-11-23-52(53)59-51)58-48-20-8-6-18-45(48)56-55(58)35-26-24-34(25-27-35)39-16-10-17-42-41-15-5-9-22-50(41)60-54(39)42/h1-33H. The van der Waals surface area contributed by atoms with Gasteiger partial charge in [0.25, 0.3) is 0 Å². The van der Waals surface area contributed by atoms with Gasteiger partial charge in [0.2, 0.25) is 0 Å². The van der Waals surface area contributed by atoms with E-state index in [9.17, 15) is 0 Å². The van der Waals surface area contributed by atoms with Gasteiger partial charge < -0.3 is 13.4 Å². The first-order valence-electron chi connectivity index (χ1n) is 20.3. The van der Waals surface area contributed by atoms with Gasteiger partial charge in [0.05, 0.1) is 33.1 Å². The molecule has 0 spiro atoms. The molecule has 5 nitrogen and oxygen atoms in total. The second kappa shape index (κ2) is 12.7. The van der Waals surface area contributed by atoms with E-state index in [0.717, 1.165) is 99.9 Å². The fourth-order valence-corrected chi connectivity index (χ4v) is 9.42. The third-order valence-electron chi connectivity index (χ3n) is 12.2. The number of hydrogen-bond acceptors (Lipinski definition) is 3. The van der Waals surface area contributed by atoms with Crippen LogP contribution in [0.1, 0.15) is 0 Å². The molecular formula is C55H33N3O2. The van der Waals surface area contributed by atoms with E-state index in [1.807, 2.05) is 12.1 Å². The molecule has 280 valence electrons. The highest BCUT2D eigenvalue weighted by atomic mass is 16.3. The van der Waals surface area contributed by atoms with Gasteiger partial charge in [-0.15, -0.1) is 0 Å². The maximum Gasteiger partial charge on any atom is 0.145 e. The predicted molar refractivity (Wildman–Crippen MR) is 246 cm³/mol. The van der Waals surface area contributed by atoms with Crippen LogP contribution in [0.5, 0.6) is 0 Å². The van der Waals surface area contributed by atoms with Crippen LogP contribution < -0.4 is 0 Å². The van der Waals surface area contributed by atoms with E-state index in [4.69, 9.17) is 13.8 Å². The van der Waals surface area contributed by atoms with Crippen LogP contribution in [-0.4, -0.2) is 14.1 Å². The number of imidazole rings is 1. The molecule has 60 heavy (non-hydrogen) atoms. The predicted octanol–water partition coefficient (Wildman–Crippen LogP) is 14.9. The Balaban J connectivity index is 0.962. The second-order valence-electron chi connectivity index (χ2n) is 15.5. The van der Waals surface area contributed by atoms with Crippen molar-refractivity contribution in [1.82, 2.24) is 14.1 Å². The number of furan rings is 2. The molecule has 0 fully saturated rings. The van der Waals surface area contributed by atoms with Crippen molar-refractivity contribution in [2.45, 2.75) is 0 Å². The fourth-order valence-electron chi connectivity index (χ4n) is 9.42. The molecule has 0 aliphatic rings. The van der Waals surface area contributed by atoms with E-state index >= 15 is 0 Å². The van der Waals surface area contributed by atoms with Crippen molar-refractivity contribution in [3.05, 3.63) is 200 Å². The molecule has 13 aromatic rings. The van der Waals surface area contributed by atoms with Crippen molar-refractivity contribution in [2.75, 3.05) is 0 Å². The number of benzene rings is 9. The molecule has 0 aliphatic carbocycles. The van der Waals surface area contributed by atoms with E-state index in [-0.39, 0.29) is 0 Å². The number of para-hydroxylation sites is 6. The average Bonchev–Trinajstić information content (AvgIpc) is 4.08. The largest absolute Gasteiger partial charge is 0.456 e. The molecule has 0 radical (unpaired) electrons. The SMILES string of the molecule is c1ccc(-n2c3ccccc3c3cc(-c4ccc5oc6cccc(-n7c(-c8ccc(-c9cccc%10c9oc9ccccc9%10)cc8)nc8ccccc87)c6c5c4)ccc32)cc1. The molecule has 0 saturated heterocycles. The van der Waals surface area contributed by atoms with Gasteiger partial charge in [0, 0.05) is 43.7 Å². The molecule has 0 unspecified atom stereocenters. The zero-order valence-electron chi connectivity index (χ0n) is 32.2. The van der Waals surface area contributed by atoms with Crippen molar-refractivity contribution >= 4 is 76.7 Å². The van der Waals surface area contributed by atoms with Crippen LogP contribution in [0.4, 0.5) is 0 Å². The first-order valence-corrected chi connectivity index (χ1v) is 20.3. The van der Waals surface area contributed by atoms with E-state index in [0.29, 0.717) is 0 Å². The molecule has 4 aromatic heterocycles. The minimum atomic E-state index is 0.832. The molecule has 4 heterocycles. The van der Waals surface area contributed by atoms with E-state index in [2.05, 4.69) is 197 Å². The zero-order chi connectivity index (χ0) is 39.3. The maximum atomic E-state index is 6.60. The van der Waals surface area contributed by atoms with Gasteiger partial charge in [0.1, 0.15) is 28.2 Å². The lowest BCUT2D eigenvalue weighted by molar-refractivity contribution is 0.668. The van der Waals surface area contributed by atoms with Crippen LogP contribution in [0, 0.1) is 0 Å². The Hall–Kier alpha value is -8.15. The Labute approximate surface area is 343 Å². The van der Waals surface area contributed by atoms with Crippen molar-refractivity contribution in [2.24, 2.45) is 0 Å². The summed E-state index contributed by atoms with van der Waals surface area (Å²) in [6, 6.07) is 70.7. The summed E-state index contributed by atoms with van der Waals surface area (Å²) in [7, 11) is 0. The lowest BCUT2D eigenvalue weighted by Gasteiger charge is -2.12. The van der Waals surface area contributed by atoms with Crippen LogP contribution in [0.15, 0.2) is 209 Å². The van der Waals surface area contributed by atoms with Crippen molar-refractivity contribution < 1.29 is 8.83 Å². The van der Waals surface area contributed by atoms with Crippen LogP contribution in [-0.2, 0) is 0 Å². The molecule has 0 aliphatic heterocycles. The van der Waals surface area contributed by atoms with Gasteiger partial charge in [-0.3, -0.25) is 4.57 Å². The summed E-state index contributed by atoms with van der Waals surface area (Å²) in [5.74, 6) is 0.864. The van der Waals surface area contributed by atoms with Crippen molar-refractivity contribution in [3.8, 4) is 45.0 Å². The first kappa shape index (κ1) is 32.9. The summed E-state index contributed by atoms with van der Waals surface area (Å²) in [5.41, 5.74) is 15.4. The molecule has 0 N–H and O–H groups in total. The van der Waals surface area contributed by atoms with Gasteiger partial charge in [-0.2, -0.15) is 0 Å². The molecule has 5 heteroatoms. The molecule has 0 amide bonds. The summed E-state index contributed by atoms with van der Waals surface area (Å²) in [6.07, 6.45) is 0. The normalized spacial score (nSPS) is 12.0. The van der Waals surface area contributed by atoms with Gasteiger partial charge in [-0.05, 0) is 89.5 Å². The number of hydrogen-bond donors (Lipinski definition) is 0. The molecule has 13 rings (SSSR count). The van der Waals surface area contributed by atoms with Gasteiger partial charge in [0.15, 0.2) is 0 Å². The number of fused-ring (bicyclic) bond motifs is 10. The molecule has 0 bridgehead atoms. The van der Waals surface area contributed by atoms with Gasteiger partial charge in [-0.1, -0.05) is 127 Å². The third-order valence-corrected chi connectivity index (χ3v) is 12.2. The van der Waals surface area contributed by atoms with Crippen LogP contribution in [0.2, 0.25) is 0 Å². The summed E-state index contributed by atoms with van der Waals surface area (Å²) < 4.78 is 17.6. The van der Waals surface area contributed by atoms with Crippen LogP contribution >= 0.6 is 0 Å². The Morgan fingerprint density at radius 2 is 1.00 bits per heavy atom. The van der Waals surface area contributed by atoms with Crippen molar-refractivity contribution in [3.63, 3.8) is 0 Å². The molecular weight excluding hydrogens is 735 g/mol. The Kier molecular flexibility index (Phi) is 6.95. The van der Waals surface area contributed by atoms with Crippen molar-refractivity contribution in [1.29, 1.82) is 0 Å². The first-order chi connectivity index (χ1) is 29.7. The molecule has 9 aromatic carbocycles. The lowest BCUT2D eigenvalue weighted by Crippen LogP contribution is -1.98. The minimum absolute atomic E-state index is 0.832. The number of aromatic nitrogens is 3. The van der Waals surface area contributed by atoms with Crippen LogP contribution in [0.25, 0.3) is 122 Å². The Bertz CT molecular complexity index is 3830. The smallest absolute Gasteiger partial charge is 0.145 e.